The van der Waals surface area contributed by atoms with Crippen molar-refractivity contribution in [3.05, 3.63) is 53.2 Å². The smallest absolute Gasteiger partial charge is 0.272 e. The van der Waals surface area contributed by atoms with E-state index in [9.17, 15) is 9.59 Å². The first-order chi connectivity index (χ1) is 11.9. The van der Waals surface area contributed by atoms with Gasteiger partial charge in [0.05, 0.1) is 5.56 Å². The second-order valence-electron chi connectivity index (χ2n) is 6.33. The molecule has 0 saturated carbocycles. The molecule has 0 atom stereocenters. The summed E-state index contributed by atoms with van der Waals surface area (Å²) in [5, 5.41) is 0.604. The van der Waals surface area contributed by atoms with Crippen molar-refractivity contribution in [1.82, 2.24) is 15.8 Å². The number of benzene rings is 1. The Bertz CT molecular complexity index is 775. The van der Waals surface area contributed by atoms with E-state index in [2.05, 4.69) is 28.0 Å². The Morgan fingerprint density at radius 3 is 2.64 bits per heavy atom. The molecule has 132 valence electrons. The molecular weight excluding hydrogens is 334 g/mol. The number of hydrogen-bond donors (Lipinski definition) is 2. The number of hydrazine groups is 1. The van der Waals surface area contributed by atoms with Crippen LogP contribution in [0.3, 0.4) is 0 Å². The number of pyridine rings is 1. The van der Waals surface area contributed by atoms with Crippen molar-refractivity contribution < 1.29 is 9.59 Å². The Balaban J connectivity index is 2.13. The average Bonchev–Trinajstić information content (AvgIpc) is 2.56. The van der Waals surface area contributed by atoms with Gasteiger partial charge in [0.15, 0.2) is 0 Å². The molecule has 1 aromatic heterocycles. The first kappa shape index (κ1) is 19.0. The number of hydrogen-bond acceptors (Lipinski definition) is 4. The Labute approximate surface area is 152 Å². The Hall–Kier alpha value is -2.34. The van der Waals surface area contributed by atoms with Crippen LogP contribution in [0.25, 0.3) is 0 Å². The van der Waals surface area contributed by atoms with Crippen LogP contribution in [0.15, 0.2) is 46.5 Å². The van der Waals surface area contributed by atoms with Crippen LogP contribution >= 0.6 is 11.8 Å². The van der Waals surface area contributed by atoms with E-state index in [0.29, 0.717) is 17.0 Å². The molecule has 0 aliphatic carbocycles. The number of nitrogens with zero attached hydrogens (tertiary/aromatic N) is 1. The first-order valence-corrected chi connectivity index (χ1v) is 8.97. The number of aryl methyl sites for hydroxylation is 2. The molecule has 1 heterocycles. The van der Waals surface area contributed by atoms with Crippen LogP contribution < -0.4 is 10.9 Å². The number of carbonyl (C=O) groups is 2. The second-order valence-corrected chi connectivity index (χ2v) is 7.36. The molecule has 6 heteroatoms. The normalized spacial score (nSPS) is 10.6. The minimum Gasteiger partial charge on any atom is -0.273 e. The molecule has 0 radical (unpaired) electrons. The van der Waals surface area contributed by atoms with Crippen LogP contribution in [0, 0.1) is 19.8 Å². The highest BCUT2D eigenvalue weighted by molar-refractivity contribution is 7.99. The van der Waals surface area contributed by atoms with Gasteiger partial charge in [-0.15, -0.1) is 0 Å². The highest BCUT2D eigenvalue weighted by Crippen LogP contribution is 2.31. The number of amides is 2. The van der Waals surface area contributed by atoms with Crippen LogP contribution in [0.4, 0.5) is 0 Å². The van der Waals surface area contributed by atoms with Crippen LogP contribution in [0.5, 0.6) is 0 Å². The van der Waals surface area contributed by atoms with Crippen molar-refractivity contribution in [1.29, 1.82) is 0 Å². The lowest BCUT2D eigenvalue weighted by molar-refractivity contribution is -0.122. The molecular formula is C19H23N3O2S. The fraction of sp³-hybridized carbons (Fsp3) is 0.316. The molecule has 25 heavy (non-hydrogen) atoms. The SMILES string of the molecule is Cc1ccc(C)c(Sc2ncccc2C(=O)NNC(=O)CC(C)C)c1. The maximum Gasteiger partial charge on any atom is 0.272 e. The van der Waals surface area contributed by atoms with E-state index < -0.39 is 0 Å². The molecule has 2 aromatic rings. The van der Waals surface area contributed by atoms with Gasteiger partial charge in [0, 0.05) is 17.5 Å². The molecule has 0 spiro atoms. The molecule has 0 bridgehead atoms. The van der Waals surface area contributed by atoms with Gasteiger partial charge in [-0.1, -0.05) is 37.7 Å². The zero-order valence-electron chi connectivity index (χ0n) is 14.9. The third kappa shape index (κ3) is 5.60. The standard InChI is InChI=1S/C19H23N3O2S/c1-12(2)10-17(23)21-22-18(24)15-6-5-9-20-19(15)25-16-11-13(3)7-8-14(16)4/h5-9,11-12H,10H2,1-4H3,(H,21,23)(H,22,24). The summed E-state index contributed by atoms with van der Waals surface area (Å²) in [6, 6.07) is 9.57. The fourth-order valence-electron chi connectivity index (χ4n) is 2.18. The van der Waals surface area contributed by atoms with Gasteiger partial charge in [-0.2, -0.15) is 0 Å². The van der Waals surface area contributed by atoms with Crippen LogP contribution in [-0.2, 0) is 4.79 Å². The van der Waals surface area contributed by atoms with Crippen molar-refractivity contribution in [3.8, 4) is 0 Å². The summed E-state index contributed by atoms with van der Waals surface area (Å²) in [6.45, 7) is 7.94. The van der Waals surface area contributed by atoms with E-state index in [0.717, 1.165) is 16.0 Å². The number of carbonyl (C=O) groups excluding carboxylic acids is 2. The van der Waals surface area contributed by atoms with E-state index in [-0.39, 0.29) is 17.7 Å². The topological polar surface area (TPSA) is 71.1 Å². The van der Waals surface area contributed by atoms with Crippen molar-refractivity contribution in [2.45, 2.75) is 44.0 Å². The van der Waals surface area contributed by atoms with Crippen molar-refractivity contribution in [3.63, 3.8) is 0 Å². The van der Waals surface area contributed by atoms with Gasteiger partial charge in [0.1, 0.15) is 5.03 Å². The largest absolute Gasteiger partial charge is 0.273 e. The van der Waals surface area contributed by atoms with Gasteiger partial charge in [-0.3, -0.25) is 20.4 Å². The second kappa shape index (κ2) is 8.67. The van der Waals surface area contributed by atoms with Crippen molar-refractivity contribution in [2.24, 2.45) is 5.92 Å². The number of aromatic nitrogens is 1. The summed E-state index contributed by atoms with van der Waals surface area (Å²) >= 11 is 1.44. The molecule has 0 saturated heterocycles. The van der Waals surface area contributed by atoms with Gasteiger partial charge in [-0.25, -0.2) is 4.98 Å². The van der Waals surface area contributed by atoms with Crippen LogP contribution in [0.1, 0.15) is 41.8 Å². The van der Waals surface area contributed by atoms with E-state index in [1.165, 1.54) is 11.8 Å². The Morgan fingerprint density at radius 2 is 1.92 bits per heavy atom. The molecule has 1 aromatic carbocycles. The minimum absolute atomic E-state index is 0.212. The zero-order valence-corrected chi connectivity index (χ0v) is 15.7. The lowest BCUT2D eigenvalue weighted by Crippen LogP contribution is -2.42. The summed E-state index contributed by atoms with van der Waals surface area (Å²) in [5.41, 5.74) is 7.61. The predicted molar refractivity (Wildman–Crippen MR) is 99.3 cm³/mol. The lowest BCUT2D eigenvalue weighted by atomic mass is 10.1. The molecule has 2 amide bonds. The maximum atomic E-state index is 12.4. The quantitative estimate of drug-likeness (QED) is 0.801. The third-order valence-corrected chi connectivity index (χ3v) is 4.65. The summed E-state index contributed by atoms with van der Waals surface area (Å²) in [7, 11) is 0. The Morgan fingerprint density at radius 1 is 1.16 bits per heavy atom. The molecule has 0 aliphatic heterocycles. The number of rotatable bonds is 5. The molecule has 0 aliphatic rings. The van der Waals surface area contributed by atoms with E-state index in [1.807, 2.05) is 33.8 Å². The highest BCUT2D eigenvalue weighted by Gasteiger charge is 2.15. The average molecular weight is 357 g/mol. The monoisotopic (exact) mass is 357 g/mol. The van der Waals surface area contributed by atoms with Gasteiger partial charge in [-0.05, 0) is 49.1 Å². The van der Waals surface area contributed by atoms with Gasteiger partial charge >= 0.3 is 0 Å². The summed E-state index contributed by atoms with van der Waals surface area (Å²) in [4.78, 5) is 29.5. The molecule has 0 fully saturated rings. The first-order valence-electron chi connectivity index (χ1n) is 8.16. The van der Waals surface area contributed by atoms with Gasteiger partial charge in [0.2, 0.25) is 5.91 Å². The molecule has 2 rings (SSSR count). The highest BCUT2D eigenvalue weighted by atomic mass is 32.2. The van der Waals surface area contributed by atoms with Crippen molar-refractivity contribution in [2.75, 3.05) is 0 Å². The van der Waals surface area contributed by atoms with E-state index in [4.69, 9.17) is 0 Å². The molecule has 0 unspecified atom stereocenters. The molecule has 2 N–H and O–H groups in total. The van der Waals surface area contributed by atoms with Gasteiger partial charge in [0.25, 0.3) is 5.91 Å². The van der Waals surface area contributed by atoms with E-state index in [1.54, 1.807) is 18.3 Å². The fourth-order valence-corrected chi connectivity index (χ4v) is 3.25. The van der Waals surface area contributed by atoms with E-state index >= 15 is 0 Å². The Kier molecular flexibility index (Phi) is 6.58. The lowest BCUT2D eigenvalue weighted by Gasteiger charge is -2.12. The van der Waals surface area contributed by atoms with Crippen molar-refractivity contribution >= 4 is 23.6 Å². The maximum absolute atomic E-state index is 12.4. The third-order valence-electron chi connectivity index (χ3n) is 3.48. The minimum atomic E-state index is -0.377. The number of nitrogens with one attached hydrogen (secondary N) is 2. The summed E-state index contributed by atoms with van der Waals surface area (Å²) in [5.74, 6) is -0.361. The molecule has 5 nitrogen and oxygen atoms in total. The predicted octanol–water partition coefficient (Wildman–Crippen LogP) is 3.66. The zero-order chi connectivity index (χ0) is 18.4. The summed E-state index contributed by atoms with van der Waals surface area (Å²) < 4.78 is 0. The summed E-state index contributed by atoms with van der Waals surface area (Å²) in [6.07, 6.45) is 2.01. The van der Waals surface area contributed by atoms with Gasteiger partial charge < -0.3 is 0 Å². The van der Waals surface area contributed by atoms with Crippen LogP contribution in [0.2, 0.25) is 0 Å². The van der Waals surface area contributed by atoms with Crippen LogP contribution in [-0.4, -0.2) is 16.8 Å².